The lowest BCUT2D eigenvalue weighted by molar-refractivity contribution is -0.117. The third kappa shape index (κ3) is 5.63. The van der Waals surface area contributed by atoms with Gasteiger partial charge in [-0.25, -0.2) is 4.98 Å². The molecule has 1 atom stereocenters. The van der Waals surface area contributed by atoms with Gasteiger partial charge in [0.1, 0.15) is 5.82 Å². The molecule has 0 aliphatic rings. The predicted octanol–water partition coefficient (Wildman–Crippen LogP) is 2.65. The van der Waals surface area contributed by atoms with Crippen molar-refractivity contribution >= 4 is 23.3 Å². The first kappa shape index (κ1) is 17.4. The summed E-state index contributed by atoms with van der Waals surface area (Å²) >= 11 is 5.92. The third-order valence-corrected chi connectivity index (χ3v) is 3.55. The molecule has 0 saturated heterocycles. The van der Waals surface area contributed by atoms with Crippen molar-refractivity contribution in [2.45, 2.75) is 13.0 Å². The second-order valence-corrected chi connectivity index (χ2v) is 5.97. The SMILES string of the molecule is Cc1ccc(NC(=O)CN(C)CC(O)c2cccc(Cl)c2)nc1. The number of aliphatic hydroxyl groups excluding tert-OH is 1. The smallest absolute Gasteiger partial charge is 0.239 e. The van der Waals surface area contributed by atoms with Crippen LogP contribution in [0.4, 0.5) is 5.82 Å². The van der Waals surface area contributed by atoms with Gasteiger partial charge in [-0.2, -0.15) is 0 Å². The van der Waals surface area contributed by atoms with Crippen molar-refractivity contribution in [2.75, 3.05) is 25.5 Å². The molecular weight excluding hydrogens is 314 g/mol. The molecule has 23 heavy (non-hydrogen) atoms. The van der Waals surface area contributed by atoms with Crippen LogP contribution in [0.1, 0.15) is 17.2 Å². The molecule has 2 N–H and O–H groups in total. The van der Waals surface area contributed by atoms with E-state index in [1.165, 1.54) is 0 Å². The zero-order chi connectivity index (χ0) is 16.8. The van der Waals surface area contributed by atoms with Crippen LogP contribution in [0.2, 0.25) is 5.02 Å². The lowest BCUT2D eigenvalue weighted by atomic mass is 10.1. The average molecular weight is 334 g/mol. The normalized spacial score (nSPS) is 12.2. The Hall–Kier alpha value is -1.95. The summed E-state index contributed by atoms with van der Waals surface area (Å²) in [6.45, 7) is 2.42. The molecule has 1 unspecified atom stereocenters. The number of carbonyl (C=O) groups is 1. The Morgan fingerprint density at radius 2 is 2.17 bits per heavy atom. The minimum Gasteiger partial charge on any atom is -0.387 e. The molecule has 6 heteroatoms. The Morgan fingerprint density at radius 1 is 1.39 bits per heavy atom. The fourth-order valence-corrected chi connectivity index (χ4v) is 2.35. The van der Waals surface area contributed by atoms with E-state index in [2.05, 4.69) is 10.3 Å². The lowest BCUT2D eigenvalue weighted by Crippen LogP contribution is -2.33. The molecule has 1 amide bonds. The van der Waals surface area contributed by atoms with Crippen molar-refractivity contribution in [3.63, 3.8) is 0 Å². The van der Waals surface area contributed by atoms with Crippen LogP contribution in [-0.4, -0.2) is 41.0 Å². The summed E-state index contributed by atoms with van der Waals surface area (Å²) in [4.78, 5) is 17.9. The molecule has 0 spiro atoms. The Morgan fingerprint density at radius 3 is 2.83 bits per heavy atom. The van der Waals surface area contributed by atoms with E-state index in [0.29, 0.717) is 17.4 Å². The molecule has 1 aromatic heterocycles. The van der Waals surface area contributed by atoms with E-state index in [-0.39, 0.29) is 12.5 Å². The molecule has 0 saturated carbocycles. The highest BCUT2D eigenvalue weighted by atomic mass is 35.5. The standard InChI is InChI=1S/C17H20ClN3O2/c1-12-6-7-16(19-9-12)20-17(23)11-21(2)10-15(22)13-4-3-5-14(18)8-13/h3-9,15,22H,10-11H2,1-2H3,(H,19,20,23). The summed E-state index contributed by atoms with van der Waals surface area (Å²) in [6.07, 6.45) is 0.992. The van der Waals surface area contributed by atoms with Crippen molar-refractivity contribution in [3.8, 4) is 0 Å². The van der Waals surface area contributed by atoms with Crippen LogP contribution in [0, 0.1) is 6.92 Å². The number of rotatable bonds is 6. The number of benzene rings is 1. The third-order valence-electron chi connectivity index (χ3n) is 3.31. The number of carbonyl (C=O) groups excluding carboxylic acids is 1. The van der Waals surface area contributed by atoms with Gasteiger partial charge < -0.3 is 10.4 Å². The molecule has 2 rings (SSSR count). The molecule has 0 radical (unpaired) electrons. The molecule has 0 fully saturated rings. The monoisotopic (exact) mass is 333 g/mol. The molecule has 1 aromatic carbocycles. The Balaban J connectivity index is 1.85. The number of nitrogens with one attached hydrogen (secondary N) is 1. The van der Waals surface area contributed by atoms with E-state index in [1.807, 2.05) is 13.0 Å². The number of amides is 1. The highest BCUT2D eigenvalue weighted by Gasteiger charge is 2.14. The zero-order valence-electron chi connectivity index (χ0n) is 13.2. The fourth-order valence-electron chi connectivity index (χ4n) is 2.15. The lowest BCUT2D eigenvalue weighted by Gasteiger charge is -2.20. The van der Waals surface area contributed by atoms with Gasteiger partial charge in [0, 0.05) is 17.8 Å². The van der Waals surface area contributed by atoms with Crippen LogP contribution in [0.15, 0.2) is 42.6 Å². The van der Waals surface area contributed by atoms with E-state index in [9.17, 15) is 9.90 Å². The van der Waals surface area contributed by atoms with E-state index in [0.717, 1.165) is 11.1 Å². The van der Waals surface area contributed by atoms with Gasteiger partial charge in [-0.3, -0.25) is 9.69 Å². The quantitative estimate of drug-likeness (QED) is 0.853. The Kier molecular flexibility index (Phi) is 6.10. The number of likely N-dealkylation sites (N-methyl/N-ethyl adjacent to an activating group) is 1. The largest absolute Gasteiger partial charge is 0.387 e. The Labute approximate surface area is 140 Å². The second kappa shape index (κ2) is 8.06. The van der Waals surface area contributed by atoms with Crippen LogP contribution in [0.5, 0.6) is 0 Å². The van der Waals surface area contributed by atoms with Gasteiger partial charge in [0.2, 0.25) is 5.91 Å². The summed E-state index contributed by atoms with van der Waals surface area (Å²) in [5, 5.41) is 13.5. The van der Waals surface area contributed by atoms with E-state index < -0.39 is 6.10 Å². The number of aryl methyl sites for hydroxylation is 1. The summed E-state index contributed by atoms with van der Waals surface area (Å²) < 4.78 is 0. The van der Waals surface area contributed by atoms with Crippen molar-refractivity contribution in [3.05, 3.63) is 58.7 Å². The zero-order valence-corrected chi connectivity index (χ0v) is 13.9. The van der Waals surface area contributed by atoms with Crippen molar-refractivity contribution in [2.24, 2.45) is 0 Å². The molecule has 1 heterocycles. The molecule has 0 aliphatic heterocycles. The van der Waals surface area contributed by atoms with E-state index in [4.69, 9.17) is 11.6 Å². The maximum atomic E-state index is 12.0. The number of hydrogen-bond donors (Lipinski definition) is 2. The van der Waals surface area contributed by atoms with Crippen molar-refractivity contribution < 1.29 is 9.90 Å². The first-order valence-electron chi connectivity index (χ1n) is 7.28. The van der Waals surface area contributed by atoms with Crippen LogP contribution in [-0.2, 0) is 4.79 Å². The van der Waals surface area contributed by atoms with E-state index in [1.54, 1.807) is 48.5 Å². The van der Waals surface area contributed by atoms with Crippen molar-refractivity contribution in [1.29, 1.82) is 0 Å². The number of nitrogens with zero attached hydrogens (tertiary/aromatic N) is 2. The summed E-state index contributed by atoms with van der Waals surface area (Å²) in [6, 6.07) is 10.7. The highest BCUT2D eigenvalue weighted by molar-refractivity contribution is 6.30. The molecule has 0 bridgehead atoms. The predicted molar refractivity (Wildman–Crippen MR) is 91.5 cm³/mol. The van der Waals surface area contributed by atoms with Gasteiger partial charge in [0.15, 0.2) is 0 Å². The number of anilines is 1. The molecule has 2 aromatic rings. The van der Waals surface area contributed by atoms with Crippen LogP contribution >= 0.6 is 11.6 Å². The van der Waals surface area contributed by atoms with Crippen molar-refractivity contribution in [1.82, 2.24) is 9.88 Å². The average Bonchev–Trinajstić information content (AvgIpc) is 2.49. The highest BCUT2D eigenvalue weighted by Crippen LogP contribution is 2.18. The molecule has 122 valence electrons. The number of pyridine rings is 1. The van der Waals surface area contributed by atoms with Crippen LogP contribution < -0.4 is 5.32 Å². The second-order valence-electron chi connectivity index (χ2n) is 5.54. The minimum atomic E-state index is -0.705. The number of hydrogen-bond acceptors (Lipinski definition) is 4. The van der Waals surface area contributed by atoms with Crippen LogP contribution in [0.25, 0.3) is 0 Å². The first-order valence-corrected chi connectivity index (χ1v) is 7.66. The first-order chi connectivity index (χ1) is 10.9. The fraction of sp³-hybridized carbons (Fsp3) is 0.294. The molecule has 5 nitrogen and oxygen atoms in total. The summed E-state index contributed by atoms with van der Waals surface area (Å²) in [7, 11) is 1.77. The number of halogens is 1. The maximum absolute atomic E-state index is 12.0. The van der Waals surface area contributed by atoms with Gasteiger partial charge in [0.05, 0.1) is 12.6 Å². The summed E-state index contributed by atoms with van der Waals surface area (Å²) in [5.41, 5.74) is 1.76. The Bertz CT molecular complexity index is 661. The van der Waals surface area contributed by atoms with E-state index >= 15 is 0 Å². The maximum Gasteiger partial charge on any atom is 0.239 e. The number of aliphatic hydroxyl groups is 1. The summed E-state index contributed by atoms with van der Waals surface area (Å²) in [5.74, 6) is 0.339. The van der Waals surface area contributed by atoms with Gasteiger partial charge >= 0.3 is 0 Å². The molecule has 0 aliphatic carbocycles. The molecular formula is C17H20ClN3O2. The van der Waals surface area contributed by atoms with Gasteiger partial charge in [-0.05, 0) is 43.3 Å². The van der Waals surface area contributed by atoms with Gasteiger partial charge in [-0.15, -0.1) is 0 Å². The van der Waals surface area contributed by atoms with Gasteiger partial charge in [0.25, 0.3) is 0 Å². The van der Waals surface area contributed by atoms with Crippen LogP contribution in [0.3, 0.4) is 0 Å². The topological polar surface area (TPSA) is 65.5 Å². The van der Waals surface area contributed by atoms with Gasteiger partial charge in [-0.1, -0.05) is 29.8 Å². The number of aromatic nitrogens is 1. The minimum absolute atomic E-state index is 0.160.